The molecule has 2 aromatic heterocycles. The highest BCUT2D eigenvalue weighted by Gasteiger charge is 2.32. The van der Waals surface area contributed by atoms with Crippen LogP contribution in [0.4, 0.5) is 13.2 Å². The van der Waals surface area contributed by atoms with Gasteiger partial charge in [0.2, 0.25) is 0 Å². The summed E-state index contributed by atoms with van der Waals surface area (Å²) in [5.41, 5.74) is -0.296. The van der Waals surface area contributed by atoms with Gasteiger partial charge in [-0.05, 0) is 30.7 Å². The minimum absolute atomic E-state index is 0.0337. The molecular formula is C15H16F3N3O2. The van der Waals surface area contributed by atoms with E-state index in [4.69, 9.17) is 0 Å². The Hall–Kier alpha value is -2.35. The molecule has 0 saturated heterocycles. The molecule has 124 valence electrons. The first-order valence-corrected chi connectivity index (χ1v) is 6.90. The van der Waals surface area contributed by atoms with Gasteiger partial charge in [-0.3, -0.25) is 9.78 Å². The second kappa shape index (κ2) is 6.82. The summed E-state index contributed by atoms with van der Waals surface area (Å²) < 4.78 is 38.9. The van der Waals surface area contributed by atoms with Gasteiger partial charge in [0, 0.05) is 31.7 Å². The van der Waals surface area contributed by atoms with Crippen molar-refractivity contribution >= 4 is 5.91 Å². The fourth-order valence-corrected chi connectivity index (χ4v) is 2.09. The number of pyridine rings is 1. The highest BCUT2D eigenvalue weighted by atomic mass is 19.4. The van der Waals surface area contributed by atoms with E-state index in [0.717, 1.165) is 24.0 Å². The van der Waals surface area contributed by atoms with E-state index in [9.17, 15) is 23.1 Å². The summed E-state index contributed by atoms with van der Waals surface area (Å²) in [5.74, 6) is -0.537. The van der Waals surface area contributed by atoms with Crippen molar-refractivity contribution in [1.82, 2.24) is 14.9 Å². The van der Waals surface area contributed by atoms with Crippen molar-refractivity contribution in [2.24, 2.45) is 7.05 Å². The van der Waals surface area contributed by atoms with Gasteiger partial charge in [-0.2, -0.15) is 13.2 Å². The van der Waals surface area contributed by atoms with Crippen molar-refractivity contribution < 1.29 is 23.1 Å². The Morgan fingerprint density at radius 3 is 2.65 bits per heavy atom. The maximum Gasteiger partial charge on any atom is 0.433 e. The van der Waals surface area contributed by atoms with Crippen LogP contribution < -0.4 is 5.32 Å². The number of hydrogen-bond acceptors (Lipinski definition) is 3. The first kappa shape index (κ1) is 17.0. The Balaban J connectivity index is 1.86. The first-order chi connectivity index (χ1) is 10.8. The van der Waals surface area contributed by atoms with Crippen LogP contribution in [0.5, 0.6) is 0 Å². The predicted octanol–water partition coefficient (Wildman–Crippen LogP) is 2.29. The molecule has 0 aliphatic rings. The van der Waals surface area contributed by atoms with Crippen LogP contribution in [0, 0.1) is 0 Å². The van der Waals surface area contributed by atoms with Crippen LogP contribution >= 0.6 is 0 Å². The van der Waals surface area contributed by atoms with Crippen molar-refractivity contribution in [3.05, 3.63) is 53.6 Å². The lowest BCUT2D eigenvalue weighted by Crippen LogP contribution is -2.26. The van der Waals surface area contributed by atoms with Gasteiger partial charge in [0.15, 0.2) is 0 Å². The van der Waals surface area contributed by atoms with Gasteiger partial charge in [0.1, 0.15) is 5.69 Å². The molecule has 8 heteroatoms. The number of carbonyl (C=O) groups is 1. The summed E-state index contributed by atoms with van der Waals surface area (Å²) in [6.45, 7) is 0.187. The molecule has 0 bridgehead atoms. The van der Waals surface area contributed by atoms with Crippen LogP contribution in [-0.2, 0) is 13.2 Å². The van der Waals surface area contributed by atoms with Crippen LogP contribution in [0.2, 0.25) is 0 Å². The molecule has 23 heavy (non-hydrogen) atoms. The number of hydrogen-bond donors (Lipinski definition) is 2. The van der Waals surface area contributed by atoms with Gasteiger partial charge in [-0.1, -0.05) is 0 Å². The van der Waals surface area contributed by atoms with Crippen LogP contribution in [-0.4, -0.2) is 27.1 Å². The molecule has 2 heterocycles. The molecule has 0 radical (unpaired) electrons. The van der Waals surface area contributed by atoms with E-state index in [1.165, 1.54) is 0 Å². The maximum atomic E-state index is 12.4. The zero-order valence-corrected chi connectivity index (χ0v) is 12.3. The van der Waals surface area contributed by atoms with Gasteiger partial charge in [0.05, 0.1) is 11.7 Å². The van der Waals surface area contributed by atoms with Crippen molar-refractivity contribution in [3.8, 4) is 0 Å². The fraction of sp³-hybridized carbons (Fsp3) is 0.333. The van der Waals surface area contributed by atoms with E-state index in [-0.39, 0.29) is 18.5 Å². The summed E-state index contributed by atoms with van der Waals surface area (Å²) >= 11 is 0. The number of rotatable bonds is 5. The average molecular weight is 327 g/mol. The van der Waals surface area contributed by atoms with E-state index in [2.05, 4.69) is 10.3 Å². The van der Waals surface area contributed by atoms with E-state index in [1.807, 2.05) is 0 Å². The summed E-state index contributed by atoms with van der Waals surface area (Å²) in [4.78, 5) is 15.0. The lowest BCUT2D eigenvalue weighted by atomic mass is 10.2. The zero-order chi connectivity index (χ0) is 17.0. The SMILES string of the molecule is Cn1cccc1[C@H](O)CCNC(=O)c1ccc(C(F)(F)F)nc1. The number of halogens is 3. The number of aliphatic hydroxyl groups is 1. The summed E-state index contributed by atoms with van der Waals surface area (Å²) in [7, 11) is 1.80. The Bertz CT molecular complexity index is 665. The monoisotopic (exact) mass is 327 g/mol. The van der Waals surface area contributed by atoms with Crippen LogP contribution in [0.3, 0.4) is 0 Å². The largest absolute Gasteiger partial charge is 0.433 e. The van der Waals surface area contributed by atoms with Gasteiger partial charge in [0.25, 0.3) is 5.91 Å². The quantitative estimate of drug-likeness (QED) is 0.885. The summed E-state index contributed by atoms with van der Waals surface area (Å²) in [5, 5.41) is 12.5. The van der Waals surface area contributed by atoms with Crippen LogP contribution in [0.1, 0.15) is 34.3 Å². The second-order valence-corrected chi connectivity index (χ2v) is 5.03. The molecule has 0 aromatic carbocycles. The van der Waals surface area contributed by atoms with E-state index in [0.29, 0.717) is 0 Å². The van der Waals surface area contributed by atoms with Crippen molar-refractivity contribution in [2.75, 3.05) is 6.54 Å². The molecule has 0 aliphatic heterocycles. The summed E-state index contributed by atoms with van der Waals surface area (Å²) in [6, 6.07) is 5.39. The number of aliphatic hydroxyl groups excluding tert-OH is 1. The van der Waals surface area contributed by atoms with Gasteiger partial charge < -0.3 is 15.0 Å². The number of alkyl halides is 3. The molecule has 0 saturated carbocycles. The lowest BCUT2D eigenvalue weighted by Gasteiger charge is -2.12. The molecule has 2 aromatic rings. The Morgan fingerprint density at radius 1 is 1.39 bits per heavy atom. The molecule has 2 rings (SSSR count). The van der Waals surface area contributed by atoms with Gasteiger partial charge >= 0.3 is 6.18 Å². The number of nitrogens with one attached hydrogen (secondary N) is 1. The number of amides is 1. The van der Waals surface area contributed by atoms with Gasteiger partial charge in [-0.15, -0.1) is 0 Å². The zero-order valence-electron chi connectivity index (χ0n) is 12.3. The number of nitrogens with zero attached hydrogens (tertiary/aromatic N) is 2. The molecular weight excluding hydrogens is 311 g/mol. The van der Waals surface area contributed by atoms with E-state index < -0.39 is 23.9 Å². The van der Waals surface area contributed by atoms with Gasteiger partial charge in [-0.25, -0.2) is 0 Å². The fourth-order valence-electron chi connectivity index (χ4n) is 2.09. The lowest BCUT2D eigenvalue weighted by molar-refractivity contribution is -0.141. The first-order valence-electron chi connectivity index (χ1n) is 6.90. The summed E-state index contributed by atoms with van der Waals surface area (Å²) in [6.07, 6.45) is -2.30. The van der Waals surface area contributed by atoms with Crippen molar-refractivity contribution in [2.45, 2.75) is 18.7 Å². The van der Waals surface area contributed by atoms with Crippen molar-refractivity contribution in [3.63, 3.8) is 0 Å². The molecule has 1 atom stereocenters. The van der Waals surface area contributed by atoms with Crippen molar-refractivity contribution in [1.29, 1.82) is 0 Å². The molecule has 0 unspecified atom stereocenters. The van der Waals surface area contributed by atoms with E-state index >= 15 is 0 Å². The number of aromatic nitrogens is 2. The highest BCUT2D eigenvalue weighted by molar-refractivity contribution is 5.93. The highest BCUT2D eigenvalue weighted by Crippen LogP contribution is 2.27. The molecule has 0 spiro atoms. The third kappa shape index (κ3) is 4.32. The molecule has 0 aliphatic carbocycles. The third-order valence-electron chi connectivity index (χ3n) is 3.34. The average Bonchev–Trinajstić information content (AvgIpc) is 2.92. The molecule has 0 fully saturated rings. The van der Waals surface area contributed by atoms with Crippen LogP contribution in [0.25, 0.3) is 0 Å². The minimum atomic E-state index is -4.53. The topological polar surface area (TPSA) is 67.2 Å². The predicted molar refractivity (Wildman–Crippen MR) is 76.6 cm³/mol. The van der Waals surface area contributed by atoms with Crippen LogP contribution in [0.15, 0.2) is 36.7 Å². The second-order valence-electron chi connectivity index (χ2n) is 5.03. The number of aryl methyl sites for hydroxylation is 1. The Kier molecular flexibility index (Phi) is 5.05. The number of carbonyl (C=O) groups excluding carboxylic acids is 1. The standard InChI is InChI=1S/C15H16F3N3O2/c1-21-8-2-3-11(21)12(22)6-7-19-14(23)10-4-5-13(20-9-10)15(16,17)18/h2-5,8-9,12,22H,6-7H2,1H3,(H,19,23)/t12-/m1/s1. The smallest absolute Gasteiger partial charge is 0.387 e. The Labute approximate surface area is 130 Å². The normalized spacial score (nSPS) is 12.9. The third-order valence-corrected chi connectivity index (χ3v) is 3.34. The van der Waals surface area contributed by atoms with E-state index in [1.54, 1.807) is 29.9 Å². The molecule has 1 amide bonds. The minimum Gasteiger partial charge on any atom is -0.387 e. The Morgan fingerprint density at radius 2 is 2.13 bits per heavy atom. The molecule has 2 N–H and O–H groups in total. The molecule has 5 nitrogen and oxygen atoms in total. The maximum absolute atomic E-state index is 12.4.